The number of amides is 1. The second kappa shape index (κ2) is 9.91. The van der Waals surface area contributed by atoms with Crippen molar-refractivity contribution >= 4 is 23.5 Å². The SMILES string of the molecule is CNC(=O)c1cccc(Nc2ncnc(N3CC(OCc4ccc(OC(F)(F)F)cc4)C3)n2)c1. The highest BCUT2D eigenvalue weighted by Crippen LogP contribution is 2.24. The second-order valence-corrected chi connectivity index (χ2v) is 7.42. The molecular weight excluding hydrogens is 453 g/mol. The van der Waals surface area contributed by atoms with Gasteiger partial charge in [-0.3, -0.25) is 4.79 Å². The molecule has 3 aromatic rings. The number of hydrogen-bond donors (Lipinski definition) is 2. The molecule has 0 spiro atoms. The highest BCUT2D eigenvalue weighted by molar-refractivity contribution is 5.95. The van der Waals surface area contributed by atoms with Gasteiger partial charge in [0.15, 0.2) is 0 Å². The number of benzene rings is 2. The van der Waals surface area contributed by atoms with Crippen molar-refractivity contribution in [3.8, 4) is 5.75 Å². The molecule has 34 heavy (non-hydrogen) atoms. The molecule has 0 atom stereocenters. The molecule has 1 saturated heterocycles. The number of carbonyl (C=O) groups is 1. The van der Waals surface area contributed by atoms with Crippen molar-refractivity contribution in [1.82, 2.24) is 20.3 Å². The van der Waals surface area contributed by atoms with Crippen LogP contribution in [-0.4, -0.2) is 53.5 Å². The zero-order valence-corrected chi connectivity index (χ0v) is 18.0. The third-order valence-electron chi connectivity index (χ3n) is 4.94. The predicted octanol–water partition coefficient (Wildman–Crippen LogP) is 3.28. The summed E-state index contributed by atoms with van der Waals surface area (Å²) in [6, 6.07) is 12.5. The molecule has 1 fully saturated rings. The van der Waals surface area contributed by atoms with E-state index in [9.17, 15) is 18.0 Å². The van der Waals surface area contributed by atoms with Gasteiger partial charge in [0.05, 0.1) is 12.7 Å². The number of hydrogen-bond acceptors (Lipinski definition) is 8. The monoisotopic (exact) mass is 474 g/mol. The molecule has 4 rings (SSSR count). The number of carbonyl (C=O) groups excluding carboxylic acids is 1. The zero-order valence-electron chi connectivity index (χ0n) is 18.0. The quantitative estimate of drug-likeness (QED) is 0.513. The van der Waals surface area contributed by atoms with E-state index in [0.29, 0.717) is 36.2 Å². The van der Waals surface area contributed by atoms with Crippen LogP contribution >= 0.6 is 0 Å². The van der Waals surface area contributed by atoms with Crippen molar-refractivity contribution in [3.05, 3.63) is 66.0 Å². The van der Waals surface area contributed by atoms with E-state index in [4.69, 9.17) is 4.74 Å². The van der Waals surface area contributed by atoms with Gasteiger partial charge in [-0.1, -0.05) is 18.2 Å². The molecular formula is C22H21F3N6O3. The summed E-state index contributed by atoms with van der Waals surface area (Å²) in [6.45, 7) is 1.38. The topological polar surface area (TPSA) is 102 Å². The number of ether oxygens (including phenoxy) is 2. The molecule has 0 radical (unpaired) electrons. The third kappa shape index (κ3) is 6.10. The van der Waals surface area contributed by atoms with Crippen molar-refractivity contribution in [2.45, 2.75) is 19.1 Å². The number of rotatable bonds is 8. The van der Waals surface area contributed by atoms with E-state index in [1.54, 1.807) is 31.3 Å². The van der Waals surface area contributed by atoms with E-state index in [1.807, 2.05) is 4.90 Å². The Morgan fingerprint density at radius 3 is 2.62 bits per heavy atom. The molecule has 0 aliphatic carbocycles. The van der Waals surface area contributed by atoms with E-state index in [0.717, 1.165) is 5.56 Å². The Morgan fingerprint density at radius 1 is 1.15 bits per heavy atom. The molecule has 12 heteroatoms. The van der Waals surface area contributed by atoms with E-state index in [-0.39, 0.29) is 24.4 Å². The summed E-state index contributed by atoms with van der Waals surface area (Å²) in [5.41, 5.74) is 1.90. The van der Waals surface area contributed by atoms with E-state index in [2.05, 4.69) is 30.3 Å². The van der Waals surface area contributed by atoms with Crippen LogP contribution in [0, 0.1) is 0 Å². The van der Waals surface area contributed by atoms with Crippen LogP contribution in [-0.2, 0) is 11.3 Å². The van der Waals surface area contributed by atoms with Gasteiger partial charge in [0.25, 0.3) is 5.91 Å². The standard InChI is InChI=1S/C22H21F3N6O3/c1-26-19(32)15-3-2-4-16(9-15)29-20-27-13-28-21(30-20)31-10-18(11-31)33-12-14-5-7-17(8-6-14)34-22(23,24)25/h2-9,13,18H,10-12H2,1H3,(H,26,32)(H,27,28,29,30). The highest BCUT2D eigenvalue weighted by Gasteiger charge is 2.31. The van der Waals surface area contributed by atoms with E-state index in [1.165, 1.54) is 30.6 Å². The minimum Gasteiger partial charge on any atom is -0.406 e. The Labute approximate surface area is 192 Å². The summed E-state index contributed by atoms with van der Waals surface area (Å²) in [5.74, 6) is 0.348. The van der Waals surface area contributed by atoms with Gasteiger partial charge in [0.1, 0.15) is 12.1 Å². The smallest absolute Gasteiger partial charge is 0.406 e. The molecule has 178 valence electrons. The largest absolute Gasteiger partial charge is 0.573 e. The van der Waals surface area contributed by atoms with Crippen LogP contribution in [0.25, 0.3) is 0 Å². The number of halogens is 3. The third-order valence-corrected chi connectivity index (χ3v) is 4.94. The Balaban J connectivity index is 1.27. The first kappa shape index (κ1) is 23.2. The summed E-state index contributed by atoms with van der Waals surface area (Å²) in [4.78, 5) is 26.4. The normalized spacial score (nSPS) is 13.8. The summed E-state index contributed by atoms with van der Waals surface area (Å²) >= 11 is 0. The van der Waals surface area contributed by atoms with Gasteiger partial charge in [0, 0.05) is 31.4 Å². The number of nitrogens with zero attached hydrogens (tertiary/aromatic N) is 4. The van der Waals surface area contributed by atoms with Gasteiger partial charge >= 0.3 is 6.36 Å². The lowest BCUT2D eigenvalue weighted by atomic mass is 10.1. The van der Waals surface area contributed by atoms with Gasteiger partial charge in [-0.15, -0.1) is 13.2 Å². The van der Waals surface area contributed by atoms with Crippen molar-refractivity contribution < 1.29 is 27.4 Å². The lowest BCUT2D eigenvalue weighted by Gasteiger charge is -2.38. The van der Waals surface area contributed by atoms with Gasteiger partial charge in [-0.25, -0.2) is 9.97 Å². The molecule has 1 aliphatic rings. The predicted molar refractivity (Wildman–Crippen MR) is 117 cm³/mol. The molecule has 0 bridgehead atoms. The second-order valence-electron chi connectivity index (χ2n) is 7.42. The van der Waals surface area contributed by atoms with Crippen LogP contribution in [0.3, 0.4) is 0 Å². The minimum absolute atomic E-state index is 0.0662. The van der Waals surface area contributed by atoms with E-state index < -0.39 is 6.36 Å². The zero-order chi connectivity index (χ0) is 24.1. The number of anilines is 3. The average molecular weight is 474 g/mol. The van der Waals surface area contributed by atoms with Crippen LogP contribution in [0.5, 0.6) is 5.75 Å². The maximum atomic E-state index is 12.2. The van der Waals surface area contributed by atoms with Gasteiger partial charge in [-0.05, 0) is 35.9 Å². The maximum Gasteiger partial charge on any atom is 0.573 e. The summed E-state index contributed by atoms with van der Waals surface area (Å²) < 4.78 is 46.4. The van der Waals surface area contributed by atoms with Crippen LogP contribution in [0.2, 0.25) is 0 Å². The first-order valence-electron chi connectivity index (χ1n) is 10.3. The molecule has 0 saturated carbocycles. The number of aromatic nitrogens is 3. The molecule has 2 heterocycles. The molecule has 2 aromatic carbocycles. The van der Waals surface area contributed by atoms with Crippen molar-refractivity contribution in [1.29, 1.82) is 0 Å². The molecule has 0 unspecified atom stereocenters. The highest BCUT2D eigenvalue weighted by atomic mass is 19.4. The molecule has 1 aromatic heterocycles. The van der Waals surface area contributed by atoms with Gasteiger partial charge in [0.2, 0.25) is 11.9 Å². The van der Waals surface area contributed by atoms with Gasteiger partial charge < -0.3 is 25.0 Å². The maximum absolute atomic E-state index is 12.2. The minimum atomic E-state index is -4.71. The fourth-order valence-electron chi connectivity index (χ4n) is 3.22. The summed E-state index contributed by atoms with van der Waals surface area (Å²) in [6.07, 6.45) is -3.39. The Morgan fingerprint density at radius 2 is 1.91 bits per heavy atom. The summed E-state index contributed by atoms with van der Waals surface area (Å²) in [7, 11) is 1.56. The van der Waals surface area contributed by atoms with Crippen molar-refractivity contribution in [3.63, 3.8) is 0 Å². The summed E-state index contributed by atoms with van der Waals surface area (Å²) in [5, 5.41) is 5.64. The fraction of sp³-hybridized carbons (Fsp3) is 0.273. The molecule has 1 amide bonds. The molecule has 9 nitrogen and oxygen atoms in total. The van der Waals surface area contributed by atoms with Crippen LogP contribution < -0.4 is 20.3 Å². The number of nitrogens with one attached hydrogen (secondary N) is 2. The lowest BCUT2D eigenvalue weighted by Crippen LogP contribution is -2.53. The first-order chi connectivity index (χ1) is 16.3. The first-order valence-corrected chi connectivity index (χ1v) is 10.3. The van der Waals surface area contributed by atoms with Gasteiger partial charge in [-0.2, -0.15) is 4.98 Å². The Bertz CT molecular complexity index is 1140. The number of alkyl halides is 3. The molecule has 2 N–H and O–H groups in total. The average Bonchev–Trinajstić information content (AvgIpc) is 2.78. The Kier molecular flexibility index (Phi) is 6.77. The van der Waals surface area contributed by atoms with E-state index >= 15 is 0 Å². The Hall–Kier alpha value is -3.93. The van der Waals surface area contributed by atoms with Crippen molar-refractivity contribution in [2.24, 2.45) is 0 Å². The van der Waals surface area contributed by atoms with Crippen LogP contribution in [0.4, 0.5) is 30.8 Å². The van der Waals surface area contributed by atoms with Crippen molar-refractivity contribution in [2.75, 3.05) is 30.4 Å². The molecule has 1 aliphatic heterocycles. The fourth-order valence-corrected chi connectivity index (χ4v) is 3.22. The lowest BCUT2D eigenvalue weighted by molar-refractivity contribution is -0.274. The van der Waals surface area contributed by atoms with Crippen LogP contribution in [0.1, 0.15) is 15.9 Å². The van der Waals surface area contributed by atoms with Crippen LogP contribution in [0.15, 0.2) is 54.9 Å².